The molecule has 1 atom stereocenters. The van der Waals surface area contributed by atoms with Gasteiger partial charge in [0.2, 0.25) is 0 Å². The van der Waals surface area contributed by atoms with Crippen LogP contribution in [0, 0.1) is 18.7 Å². The molecule has 1 heterocycles. The summed E-state index contributed by atoms with van der Waals surface area (Å²) in [5, 5.41) is 8.29. The van der Waals surface area contributed by atoms with E-state index in [1.54, 1.807) is 12.1 Å². The lowest BCUT2D eigenvalue weighted by molar-refractivity contribution is 0.476. The van der Waals surface area contributed by atoms with E-state index in [2.05, 4.69) is 10.4 Å². The Labute approximate surface area is 130 Å². The first-order valence-corrected chi connectivity index (χ1v) is 7.46. The highest BCUT2D eigenvalue weighted by molar-refractivity contribution is 6.31. The van der Waals surface area contributed by atoms with Crippen molar-refractivity contribution in [3.8, 4) is 0 Å². The van der Waals surface area contributed by atoms with Gasteiger partial charge >= 0.3 is 0 Å². The molecule has 0 bridgehead atoms. The summed E-state index contributed by atoms with van der Waals surface area (Å²) in [7, 11) is 3.83. The van der Waals surface area contributed by atoms with Gasteiger partial charge in [-0.25, -0.2) is 4.39 Å². The van der Waals surface area contributed by atoms with Crippen molar-refractivity contribution in [2.24, 2.45) is 13.0 Å². The second-order valence-electron chi connectivity index (χ2n) is 5.43. The monoisotopic (exact) mass is 309 g/mol. The molecular formula is C16H21ClFN3. The van der Waals surface area contributed by atoms with E-state index >= 15 is 0 Å². The van der Waals surface area contributed by atoms with Crippen molar-refractivity contribution in [3.05, 3.63) is 52.1 Å². The van der Waals surface area contributed by atoms with Crippen LogP contribution in [0.5, 0.6) is 0 Å². The highest BCUT2D eigenvalue weighted by Gasteiger charge is 2.17. The van der Waals surface area contributed by atoms with Crippen molar-refractivity contribution >= 4 is 11.6 Å². The highest BCUT2D eigenvalue weighted by Crippen LogP contribution is 2.23. The van der Waals surface area contributed by atoms with Gasteiger partial charge in [-0.2, -0.15) is 5.10 Å². The third kappa shape index (κ3) is 4.05. The Morgan fingerprint density at radius 3 is 2.71 bits per heavy atom. The predicted octanol–water partition coefficient (Wildman–Crippen LogP) is 3.14. The topological polar surface area (TPSA) is 29.9 Å². The number of aryl methyl sites for hydroxylation is 2. The number of aromatic nitrogens is 2. The van der Waals surface area contributed by atoms with E-state index in [1.807, 2.05) is 31.8 Å². The zero-order chi connectivity index (χ0) is 15.4. The fourth-order valence-corrected chi connectivity index (χ4v) is 2.91. The Bertz CT molecular complexity index is 610. The van der Waals surface area contributed by atoms with E-state index in [0.717, 1.165) is 41.4 Å². The molecule has 114 valence electrons. The Balaban J connectivity index is 2.15. The molecule has 0 aliphatic rings. The molecule has 0 spiro atoms. The maximum Gasteiger partial charge on any atom is 0.123 e. The van der Waals surface area contributed by atoms with Crippen LogP contribution in [0.1, 0.15) is 17.0 Å². The molecule has 0 fully saturated rings. The number of hydrogen-bond acceptors (Lipinski definition) is 2. The molecule has 1 aromatic carbocycles. The van der Waals surface area contributed by atoms with Gasteiger partial charge in [-0.3, -0.25) is 4.68 Å². The van der Waals surface area contributed by atoms with Crippen LogP contribution in [0.3, 0.4) is 0 Å². The van der Waals surface area contributed by atoms with E-state index in [1.165, 1.54) is 6.07 Å². The maximum absolute atomic E-state index is 13.3. The molecule has 0 aliphatic carbocycles. The molecule has 1 unspecified atom stereocenters. The minimum atomic E-state index is -0.190. The van der Waals surface area contributed by atoms with Gasteiger partial charge in [0, 0.05) is 7.05 Å². The molecule has 5 heteroatoms. The molecule has 2 rings (SSSR count). The van der Waals surface area contributed by atoms with Gasteiger partial charge in [0.25, 0.3) is 0 Å². The Hall–Kier alpha value is -1.39. The SMILES string of the molecule is CNCC(Cc1cccc(F)c1)Cc1c(Cl)c(C)nn1C. The molecular weight excluding hydrogens is 289 g/mol. The van der Waals surface area contributed by atoms with Gasteiger partial charge in [-0.15, -0.1) is 0 Å². The number of nitrogens with one attached hydrogen (secondary N) is 1. The fourth-order valence-electron chi connectivity index (χ4n) is 2.68. The average Bonchev–Trinajstić information content (AvgIpc) is 2.66. The van der Waals surface area contributed by atoms with Crippen molar-refractivity contribution in [2.75, 3.05) is 13.6 Å². The summed E-state index contributed by atoms with van der Waals surface area (Å²) in [5.74, 6) is 0.147. The van der Waals surface area contributed by atoms with Crippen LogP contribution in [0.15, 0.2) is 24.3 Å². The average molecular weight is 310 g/mol. The van der Waals surface area contributed by atoms with Crippen molar-refractivity contribution < 1.29 is 4.39 Å². The minimum Gasteiger partial charge on any atom is -0.319 e. The smallest absolute Gasteiger partial charge is 0.123 e. The zero-order valence-corrected chi connectivity index (χ0v) is 13.4. The number of rotatable bonds is 6. The fraction of sp³-hybridized carbons (Fsp3) is 0.438. The van der Waals surface area contributed by atoms with Gasteiger partial charge in [0.15, 0.2) is 0 Å². The Kier molecular flexibility index (Phi) is 5.37. The summed E-state index contributed by atoms with van der Waals surface area (Å²) in [6, 6.07) is 6.78. The minimum absolute atomic E-state index is 0.190. The lowest BCUT2D eigenvalue weighted by Crippen LogP contribution is -2.23. The predicted molar refractivity (Wildman–Crippen MR) is 84.2 cm³/mol. The molecule has 0 amide bonds. The van der Waals surface area contributed by atoms with E-state index < -0.39 is 0 Å². The second kappa shape index (κ2) is 7.05. The second-order valence-corrected chi connectivity index (χ2v) is 5.81. The molecule has 2 aromatic rings. The van der Waals surface area contributed by atoms with Gasteiger partial charge in [-0.05, 0) is 57.0 Å². The van der Waals surface area contributed by atoms with Crippen LogP contribution in [0.25, 0.3) is 0 Å². The molecule has 1 N–H and O–H groups in total. The first kappa shape index (κ1) is 16.0. The van der Waals surface area contributed by atoms with Crippen molar-refractivity contribution in [3.63, 3.8) is 0 Å². The van der Waals surface area contributed by atoms with Crippen molar-refractivity contribution in [2.45, 2.75) is 19.8 Å². The molecule has 3 nitrogen and oxygen atoms in total. The summed E-state index contributed by atoms with van der Waals surface area (Å²) in [6.45, 7) is 2.75. The van der Waals surface area contributed by atoms with Crippen LogP contribution in [0.4, 0.5) is 4.39 Å². The Morgan fingerprint density at radius 2 is 2.14 bits per heavy atom. The summed E-state index contributed by atoms with van der Waals surface area (Å²) in [6.07, 6.45) is 1.62. The van der Waals surface area contributed by atoms with Crippen LogP contribution >= 0.6 is 11.6 Å². The number of benzene rings is 1. The molecule has 21 heavy (non-hydrogen) atoms. The third-order valence-corrected chi connectivity index (χ3v) is 4.14. The zero-order valence-electron chi connectivity index (χ0n) is 12.7. The maximum atomic E-state index is 13.3. The molecule has 0 saturated carbocycles. The largest absolute Gasteiger partial charge is 0.319 e. The highest BCUT2D eigenvalue weighted by atomic mass is 35.5. The van der Waals surface area contributed by atoms with Crippen LogP contribution < -0.4 is 5.32 Å². The normalized spacial score (nSPS) is 12.6. The summed E-state index contributed by atoms with van der Waals surface area (Å²) in [4.78, 5) is 0. The molecule has 0 aliphatic heterocycles. The lowest BCUT2D eigenvalue weighted by atomic mass is 9.94. The molecule has 0 radical (unpaired) electrons. The Morgan fingerprint density at radius 1 is 1.38 bits per heavy atom. The van der Waals surface area contributed by atoms with E-state index in [4.69, 9.17) is 11.6 Å². The van der Waals surface area contributed by atoms with Gasteiger partial charge in [-0.1, -0.05) is 23.7 Å². The lowest BCUT2D eigenvalue weighted by Gasteiger charge is -2.17. The standard InChI is InChI=1S/C16H21ClFN3/c1-11-16(17)15(21(3)20-11)9-13(10-19-2)7-12-5-4-6-14(18)8-12/h4-6,8,13,19H,7,9-10H2,1-3H3. The quantitative estimate of drug-likeness (QED) is 0.888. The number of hydrogen-bond donors (Lipinski definition) is 1. The van der Waals surface area contributed by atoms with Crippen molar-refractivity contribution in [1.82, 2.24) is 15.1 Å². The molecule has 0 saturated heterocycles. The first-order chi connectivity index (χ1) is 10.0. The van der Waals surface area contributed by atoms with Crippen LogP contribution in [0.2, 0.25) is 5.02 Å². The summed E-state index contributed by atoms with van der Waals surface area (Å²) in [5.41, 5.74) is 2.89. The van der Waals surface area contributed by atoms with Crippen LogP contribution in [-0.4, -0.2) is 23.4 Å². The van der Waals surface area contributed by atoms with Gasteiger partial charge in [0.1, 0.15) is 5.82 Å². The number of nitrogens with zero attached hydrogens (tertiary/aromatic N) is 2. The first-order valence-electron chi connectivity index (χ1n) is 7.08. The van der Waals surface area contributed by atoms with Crippen molar-refractivity contribution in [1.29, 1.82) is 0 Å². The van der Waals surface area contributed by atoms with Gasteiger partial charge in [0.05, 0.1) is 16.4 Å². The van der Waals surface area contributed by atoms with E-state index in [9.17, 15) is 4.39 Å². The molecule has 1 aromatic heterocycles. The van der Waals surface area contributed by atoms with E-state index in [-0.39, 0.29) is 5.82 Å². The van der Waals surface area contributed by atoms with Gasteiger partial charge < -0.3 is 5.32 Å². The number of halogens is 2. The van der Waals surface area contributed by atoms with E-state index in [0.29, 0.717) is 5.92 Å². The summed E-state index contributed by atoms with van der Waals surface area (Å²) >= 11 is 6.32. The third-order valence-electron chi connectivity index (χ3n) is 3.65. The van der Waals surface area contributed by atoms with Crippen LogP contribution in [-0.2, 0) is 19.9 Å². The summed E-state index contributed by atoms with van der Waals surface area (Å²) < 4.78 is 15.2.